The average Bonchev–Trinajstić information content (AvgIpc) is 2.27. The summed E-state index contributed by atoms with van der Waals surface area (Å²) in [5.74, 6) is -0.723. The van der Waals surface area contributed by atoms with Crippen LogP contribution in [0, 0.1) is 11.3 Å². The summed E-state index contributed by atoms with van der Waals surface area (Å²) in [5, 5.41) is 10.6. The summed E-state index contributed by atoms with van der Waals surface area (Å²) in [6.07, 6.45) is -6.05. The van der Waals surface area contributed by atoms with Gasteiger partial charge in [0.2, 0.25) is 5.91 Å². The lowest BCUT2D eigenvalue weighted by atomic mass is 10.0. The molecule has 0 radical (unpaired) electrons. The Balaban J connectivity index is 2.89. The molecule has 0 spiro atoms. The van der Waals surface area contributed by atoms with Crippen molar-refractivity contribution in [3.05, 3.63) is 34.3 Å². The summed E-state index contributed by atoms with van der Waals surface area (Å²) >= 11 is 3.18. The van der Waals surface area contributed by atoms with E-state index in [0.717, 1.165) is 4.47 Å². The molecule has 1 rings (SSSR count). The highest BCUT2D eigenvalue weighted by Gasteiger charge is 2.33. The Labute approximate surface area is 116 Å². The summed E-state index contributed by atoms with van der Waals surface area (Å²) in [6, 6.07) is 6.58. The van der Waals surface area contributed by atoms with Crippen LogP contribution in [0.3, 0.4) is 0 Å². The number of amides is 1. The van der Waals surface area contributed by atoms with E-state index >= 15 is 0 Å². The zero-order chi connectivity index (χ0) is 14.5. The lowest BCUT2D eigenvalue weighted by Crippen LogP contribution is -2.31. The molecule has 0 aliphatic heterocycles. The van der Waals surface area contributed by atoms with Gasteiger partial charge in [-0.25, -0.2) is 0 Å². The number of nitriles is 1. The Morgan fingerprint density at radius 1 is 1.37 bits per heavy atom. The lowest BCUT2D eigenvalue weighted by Gasteiger charge is -2.20. The predicted octanol–water partition coefficient (Wildman–Crippen LogP) is 3.47. The van der Waals surface area contributed by atoms with E-state index in [1.54, 1.807) is 18.2 Å². The summed E-state index contributed by atoms with van der Waals surface area (Å²) in [7, 11) is 0. The summed E-state index contributed by atoms with van der Waals surface area (Å²) < 4.78 is 38.2. The molecule has 7 heteroatoms. The quantitative estimate of drug-likeness (QED) is 0.916. The number of alkyl halides is 3. The minimum absolute atomic E-state index is 0.340. The van der Waals surface area contributed by atoms with Crippen LogP contribution in [-0.2, 0) is 4.79 Å². The van der Waals surface area contributed by atoms with E-state index in [9.17, 15) is 18.0 Å². The number of benzene rings is 1. The van der Waals surface area contributed by atoms with Crippen molar-refractivity contribution < 1.29 is 18.0 Å². The van der Waals surface area contributed by atoms with Crippen molar-refractivity contribution in [2.24, 2.45) is 0 Å². The zero-order valence-corrected chi connectivity index (χ0v) is 11.3. The van der Waals surface area contributed by atoms with Crippen LogP contribution in [-0.4, -0.2) is 12.1 Å². The van der Waals surface area contributed by atoms with Crippen LogP contribution in [0.25, 0.3) is 0 Å². The van der Waals surface area contributed by atoms with E-state index in [0.29, 0.717) is 5.56 Å². The molecule has 1 aromatic carbocycles. The first-order valence-corrected chi connectivity index (χ1v) is 6.09. The average molecular weight is 335 g/mol. The number of carbonyl (C=O) groups excluding carboxylic acids is 1. The maximum atomic E-state index is 12.5. The molecule has 1 N–H and O–H groups in total. The van der Waals surface area contributed by atoms with Crippen molar-refractivity contribution in [2.75, 3.05) is 0 Å². The normalized spacial score (nSPS) is 12.6. The molecule has 1 atom stereocenters. The number of hydrogen-bond acceptors (Lipinski definition) is 2. The van der Waals surface area contributed by atoms with Gasteiger partial charge in [0.05, 0.1) is 18.5 Å². The Morgan fingerprint density at radius 2 is 1.95 bits per heavy atom. The Hall–Kier alpha value is -1.55. The Kier molecular flexibility index (Phi) is 5.36. The van der Waals surface area contributed by atoms with Gasteiger partial charge < -0.3 is 5.32 Å². The number of rotatable bonds is 4. The first-order chi connectivity index (χ1) is 8.81. The van der Waals surface area contributed by atoms with Crippen LogP contribution in [0.4, 0.5) is 13.2 Å². The van der Waals surface area contributed by atoms with Crippen molar-refractivity contribution in [1.82, 2.24) is 5.32 Å². The van der Waals surface area contributed by atoms with Gasteiger partial charge in [0, 0.05) is 4.47 Å². The van der Waals surface area contributed by atoms with Crippen molar-refractivity contribution in [3.8, 4) is 6.07 Å². The second-order valence-electron chi connectivity index (χ2n) is 3.83. The molecule has 0 aliphatic rings. The molecule has 1 amide bonds. The molecule has 0 saturated heterocycles. The van der Waals surface area contributed by atoms with Gasteiger partial charge in [-0.15, -0.1) is 0 Å². The molecule has 1 unspecified atom stereocenters. The molecule has 0 saturated carbocycles. The number of nitrogens with zero attached hydrogens (tertiary/aromatic N) is 1. The van der Waals surface area contributed by atoms with Crippen molar-refractivity contribution in [1.29, 1.82) is 5.26 Å². The van der Waals surface area contributed by atoms with Gasteiger partial charge in [-0.2, -0.15) is 18.4 Å². The largest absolute Gasteiger partial charge is 0.391 e. The standard InChI is InChI=1S/C12H10BrF3N2O/c13-9-3-1-8(2-4-9)10(7-12(14,15)16)18-11(19)5-6-17/h1-4,10H,5,7H2,(H,18,19). The Bertz CT molecular complexity index is 479. The zero-order valence-electron chi connectivity index (χ0n) is 9.67. The van der Waals surface area contributed by atoms with Gasteiger partial charge in [-0.1, -0.05) is 28.1 Å². The van der Waals surface area contributed by atoms with E-state index in [2.05, 4.69) is 21.2 Å². The van der Waals surface area contributed by atoms with E-state index < -0.39 is 31.0 Å². The minimum Gasteiger partial charge on any atom is -0.348 e. The molecule has 0 fully saturated rings. The molecule has 3 nitrogen and oxygen atoms in total. The fourth-order valence-corrected chi connectivity index (χ4v) is 1.76. The topological polar surface area (TPSA) is 52.9 Å². The summed E-state index contributed by atoms with van der Waals surface area (Å²) in [5.41, 5.74) is 0.340. The number of halogens is 4. The Morgan fingerprint density at radius 3 is 2.42 bits per heavy atom. The minimum atomic E-state index is -4.41. The summed E-state index contributed by atoms with van der Waals surface area (Å²) in [4.78, 5) is 11.3. The SMILES string of the molecule is N#CCC(=O)NC(CC(F)(F)F)c1ccc(Br)cc1. The van der Waals surface area contributed by atoms with Gasteiger partial charge in [0.1, 0.15) is 6.42 Å². The predicted molar refractivity (Wildman–Crippen MR) is 65.9 cm³/mol. The van der Waals surface area contributed by atoms with Crippen LogP contribution in [0.2, 0.25) is 0 Å². The monoisotopic (exact) mass is 334 g/mol. The van der Waals surface area contributed by atoms with Crippen molar-refractivity contribution in [3.63, 3.8) is 0 Å². The lowest BCUT2D eigenvalue weighted by molar-refractivity contribution is -0.142. The third kappa shape index (κ3) is 5.75. The first kappa shape index (κ1) is 15.5. The van der Waals surface area contributed by atoms with Crippen LogP contribution in [0.5, 0.6) is 0 Å². The van der Waals surface area contributed by atoms with Gasteiger partial charge in [0.15, 0.2) is 0 Å². The van der Waals surface area contributed by atoms with Gasteiger partial charge in [-0.3, -0.25) is 4.79 Å². The van der Waals surface area contributed by atoms with Crippen LogP contribution < -0.4 is 5.32 Å². The number of carbonyl (C=O) groups is 1. The third-order valence-electron chi connectivity index (χ3n) is 2.28. The van der Waals surface area contributed by atoms with Crippen molar-refractivity contribution >= 4 is 21.8 Å². The smallest absolute Gasteiger partial charge is 0.348 e. The highest BCUT2D eigenvalue weighted by atomic mass is 79.9. The fourth-order valence-electron chi connectivity index (χ4n) is 1.50. The van der Waals surface area contributed by atoms with E-state index in [-0.39, 0.29) is 0 Å². The molecule has 0 bridgehead atoms. The second kappa shape index (κ2) is 6.57. The van der Waals surface area contributed by atoms with E-state index in [4.69, 9.17) is 5.26 Å². The third-order valence-corrected chi connectivity index (χ3v) is 2.81. The number of hydrogen-bond donors (Lipinski definition) is 1. The molecule has 1 aromatic rings. The molecule has 0 aliphatic carbocycles. The molecular formula is C12H10BrF3N2O. The molecule has 102 valence electrons. The highest BCUT2D eigenvalue weighted by molar-refractivity contribution is 9.10. The highest BCUT2D eigenvalue weighted by Crippen LogP contribution is 2.30. The van der Waals surface area contributed by atoms with Gasteiger partial charge in [-0.05, 0) is 17.7 Å². The number of nitrogens with one attached hydrogen (secondary N) is 1. The maximum absolute atomic E-state index is 12.5. The fraction of sp³-hybridized carbons (Fsp3) is 0.333. The van der Waals surface area contributed by atoms with Crippen LogP contribution in [0.15, 0.2) is 28.7 Å². The molecule has 0 heterocycles. The van der Waals surface area contributed by atoms with Crippen LogP contribution >= 0.6 is 15.9 Å². The maximum Gasteiger partial charge on any atom is 0.391 e. The second-order valence-corrected chi connectivity index (χ2v) is 4.74. The summed E-state index contributed by atoms with van der Waals surface area (Å²) in [6.45, 7) is 0. The van der Waals surface area contributed by atoms with Crippen molar-refractivity contribution in [2.45, 2.75) is 25.1 Å². The molecule has 19 heavy (non-hydrogen) atoms. The van der Waals surface area contributed by atoms with Gasteiger partial charge >= 0.3 is 6.18 Å². The van der Waals surface area contributed by atoms with E-state index in [1.807, 2.05) is 0 Å². The first-order valence-electron chi connectivity index (χ1n) is 5.30. The molecule has 0 aromatic heterocycles. The van der Waals surface area contributed by atoms with Crippen LogP contribution in [0.1, 0.15) is 24.4 Å². The van der Waals surface area contributed by atoms with Gasteiger partial charge in [0.25, 0.3) is 0 Å². The van der Waals surface area contributed by atoms with E-state index in [1.165, 1.54) is 12.1 Å². The molecular weight excluding hydrogens is 325 g/mol.